The fourth-order valence-electron chi connectivity index (χ4n) is 7.49. The number of nitrogens with zero attached hydrogens (tertiary/aromatic N) is 1. The number of hydrogen-bond donors (Lipinski definition) is 0. The Morgan fingerprint density at radius 3 is 2.08 bits per heavy atom. The molecule has 1 aliphatic carbocycles. The van der Waals surface area contributed by atoms with Crippen molar-refractivity contribution >= 4 is 33.0 Å². The van der Waals surface area contributed by atoms with Crippen molar-refractivity contribution in [2.45, 2.75) is 73.6 Å². The van der Waals surface area contributed by atoms with Gasteiger partial charge < -0.3 is 18.9 Å². The van der Waals surface area contributed by atoms with Crippen LogP contribution in [0.15, 0.2) is 102 Å². The second kappa shape index (κ2) is 15.1. The molecule has 3 heterocycles. The molecule has 3 aliphatic rings. The second-order valence-electron chi connectivity index (χ2n) is 13.6. The molecule has 0 N–H and O–H groups in total. The Balaban J connectivity index is 1.09. The number of hydrogen-bond acceptors (Lipinski definition) is 9. The summed E-state index contributed by atoms with van der Waals surface area (Å²) in [5, 5.41) is 0.0603. The van der Waals surface area contributed by atoms with Gasteiger partial charge in [0.25, 0.3) is 0 Å². The van der Waals surface area contributed by atoms with Crippen molar-refractivity contribution in [2.24, 2.45) is 5.92 Å². The Morgan fingerprint density at radius 2 is 1.51 bits per heavy atom. The lowest BCUT2D eigenvalue weighted by atomic mass is 9.83. The lowest BCUT2D eigenvalue weighted by molar-refractivity contribution is -0.173. The minimum Gasteiger partial charge on any atom is -0.346 e. The van der Waals surface area contributed by atoms with Crippen LogP contribution in [0.2, 0.25) is 5.02 Å². The molecule has 1 spiro atoms. The van der Waals surface area contributed by atoms with Gasteiger partial charge in [-0.15, -0.1) is 0 Å². The summed E-state index contributed by atoms with van der Waals surface area (Å²) in [7, 11) is -3.57. The van der Waals surface area contributed by atoms with Crippen LogP contribution in [0, 0.1) is 5.92 Å². The Hall–Kier alpha value is -3.77. The predicted molar refractivity (Wildman–Crippen MR) is 190 cm³/mol. The maximum atomic E-state index is 14.0. The predicted octanol–water partition coefficient (Wildman–Crippen LogP) is 7.92. The van der Waals surface area contributed by atoms with Crippen molar-refractivity contribution in [3.8, 4) is 0 Å². The average molecular weight is 730 g/mol. The van der Waals surface area contributed by atoms with Gasteiger partial charge in [-0.05, 0) is 53.6 Å². The number of halogens is 1. The Bertz CT molecular complexity index is 1920. The lowest BCUT2D eigenvalue weighted by Crippen LogP contribution is -2.27. The van der Waals surface area contributed by atoms with E-state index in [-0.39, 0.29) is 58.1 Å². The van der Waals surface area contributed by atoms with E-state index in [0.29, 0.717) is 38.0 Å². The Morgan fingerprint density at radius 1 is 0.863 bits per heavy atom. The maximum Gasteiger partial charge on any atom is 0.185 e. The molecule has 0 bridgehead atoms. The number of Topliss-reactive ketones (excluding diaryl/α,β-unsaturated/α-hetero) is 2. The number of carbonyl (C=O) groups excluding carboxylic acids is 2. The minimum absolute atomic E-state index is 0.00343. The number of sulfone groups is 1. The van der Waals surface area contributed by atoms with Gasteiger partial charge in [-0.2, -0.15) is 0 Å². The van der Waals surface area contributed by atoms with Crippen LogP contribution in [0.25, 0.3) is 0 Å². The fraction of sp³-hybridized carbons (Fsp3) is 0.375. The van der Waals surface area contributed by atoms with Gasteiger partial charge in [0.15, 0.2) is 27.7 Å². The molecule has 51 heavy (non-hydrogen) atoms. The average Bonchev–Trinajstić information content (AvgIpc) is 3.91. The fourth-order valence-corrected chi connectivity index (χ4v) is 8.83. The van der Waals surface area contributed by atoms with Crippen LogP contribution < -0.4 is 0 Å². The summed E-state index contributed by atoms with van der Waals surface area (Å²) in [6, 6.07) is 28.2. The van der Waals surface area contributed by atoms with Crippen LogP contribution in [0.5, 0.6) is 0 Å². The van der Waals surface area contributed by atoms with Gasteiger partial charge in [0.05, 0.1) is 23.1 Å². The van der Waals surface area contributed by atoms with Gasteiger partial charge in [-0.1, -0.05) is 84.4 Å². The highest BCUT2D eigenvalue weighted by Gasteiger charge is 2.52. The van der Waals surface area contributed by atoms with Crippen molar-refractivity contribution in [3.05, 3.63) is 130 Å². The zero-order chi connectivity index (χ0) is 35.6. The van der Waals surface area contributed by atoms with E-state index in [9.17, 15) is 18.0 Å². The number of rotatable bonds is 12. The first-order valence-electron chi connectivity index (χ1n) is 17.3. The SMILES string of the molecule is CS(=O)(=O)c1ccc(C(CC2CCC3(C2)O[C@H](c2ccccc2)[C@@H](c2ccccc2)O3)C(=O)CCC(=O)c2ccc(C3OCCO3)cn2)cc1Cl. The first-order chi connectivity index (χ1) is 24.6. The largest absolute Gasteiger partial charge is 0.346 e. The molecule has 1 aromatic heterocycles. The molecule has 1 saturated carbocycles. The van der Waals surface area contributed by atoms with Crippen LogP contribution in [-0.4, -0.2) is 50.2 Å². The summed E-state index contributed by atoms with van der Waals surface area (Å²) < 4.78 is 49.3. The third kappa shape index (κ3) is 8.01. The van der Waals surface area contributed by atoms with E-state index in [2.05, 4.69) is 29.2 Å². The molecule has 2 saturated heterocycles. The first-order valence-corrected chi connectivity index (χ1v) is 19.6. The number of ketones is 2. The van der Waals surface area contributed by atoms with Crippen molar-refractivity contribution in [2.75, 3.05) is 19.5 Å². The highest BCUT2D eigenvalue weighted by molar-refractivity contribution is 7.90. The van der Waals surface area contributed by atoms with E-state index < -0.39 is 27.8 Å². The number of benzene rings is 3. The molecule has 2 aliphatic heterocycles. The van der Waals surface area contributed by atoms with Gasteiger partial charge in [0.1, 0.15) is 23.7 Å². The second-order valence-corrected chi connectivity index (χ2v) is 16.0. The van der Waals surface area contributed by atoms with E-state index in [1.54, 1.807) is 30.5 Å². The van der Waals surface area contributed by atoms with E-state index in [0.717, 1.165) is 29.4 Å². The molecule has 4 atom stereocenters. The molecule has 4 aromatic rings. The minimum atomic E-state index is -3.57. The van der Waals surface area contributed by atoms with Crippen molar-refractivity contribution in [1.82, 2.24) is 4.98 Å². The summed E-state index contributed by atoms with van der Waals surface area (Å²) in [5.74, 6) is -1.76. The summed E-state index contributed by atoms with van der Waals surface area (Å²) in [6.07, 6.45) is 4.04. The Kier molecular flexibility index (Phi) is 10.5. The quantitative estimate of drug-likeness (QED) is 0.134. The molecule has 0 radical (unpaired) electrons. The van der Waals surface area contributed by atoms with Gasteiger partial charge in [0.2, 0.25) is 0 Å². The first kappa shape index (κ1) is 35.6. The van der Waals surface area contributed by atoms with Gasteiger partial charge in [0, 0.05) is 49.6 Å². The van der Waals surface area contributed by atoms with Gasteiger partial charge in [-0.3, -0.25) is 14.6 Å². The third-order valence-electron chi connectivity index (χ3n) is 10.0. The molecule has 3 fully saturated rings. The summed E-state index contributed by atoms with van der Waals surface area (Å²) >= 11 is 6.48. The molecule has 2 unspecified atom stereocenters. The van der Waals surface area contributed by atoms with Crippen LogP contribution in [0.1, 0.15) is 95.7 Å². The highest BCUT2D eigenvalue weighted by Crippen LogP contribution is 2.55. The summed E-state index contributed by atoms with van der Waals surface area (Å²) in [5.41, 5.74) is 3.67. The molecule has 266 valence electrons. The topological polar surface area (TPSA) is 118 Å². The third-order valence-corrected chi connectivity index (χ3v) is 11.6. The summed E-state index contributed by atoms with van der Waals surface area (Å²) in [6.45, 7) is 1.00. The van der Waals surface area contributed by atoms with Gasteiger partial charge in [-0.25, -0.2) is 8.42 Å². The van der Waals surface area contributed by atoms with E-state index in [1.165, 1.54) is 6.07 Å². The molecule has 11 heteroatoms. The lowest BCUT2D eigenvalue weighted by Gasteiger charge is -2.25. The number of ether oxygens (including phenoxy) is 4. The number of carbonyl (C=O) groups is 2. The van der Waals surface area contributed by atoms with Crippen molar-refractivity contribution < 1.29 is 37.0 Å². The standard InChI is InChI=1S/C40H40ClNO8S/c1-51(45,46)36-17-13-29(23-32(36)41)31(34(43)15-16-35(44)33-14-12-30(25-42-33)39-47-20-21-48-39)22-26-18-19-40(24-26)49-37(27-8-4-2-5-9-27)38(50-40)28-10-6-3-7-11-28/h2-14,17,23,25-26,31,37-39H,15-16,18-22,24H2,1H3/t26?,31?,37-,38-/m1/s1. The van der Waals surface area contributed by atoms with Gasteiger partial charge >= 0.3 is 0 Å². The number of aromatic nitrogens is 1. The normalized spacial score (nSPS) is 22.4. The molecular weight excluding hydrogens is 690 g/mol. The molecule has 7 rings (SSSR count). The zero-order valence-corrected chi connectivity index (χ0v) is 29.9. The zero-order valence-electron chi connectivity index (χ0n) is 28.3. The Labute approximate surface area is 303 Å². The van der Waals surface area contributed by atoms with E-state index in [1.807, 2.05) is 36.4 Å². The smallest absolute Gasteiger partial charge is 0.185 e. The van der Waals surface area contributed by atoms with Crippen LogP contribution >= 0.6 is 11.6 Å². The van der Waals surface area contributed by atoms with Crippen LogP contribution in [0.4, 0.5) is 0 Å². The van der Waals surface area contributed by atoms with Crippen LogP contribution in [-0.2, 0) is 33.6 Å². The van der Waals surface area contributed by atoms with Crippen LogP contribution in [0.3, 0.4) is 0 Å². The molecule has 3 aromatic carbocycles. The number of pyridine rings is 1. The molecule has 0 amide bonds. The van der Waals surface area contributed by atoms with Crippen molar-refractivity contribution in [3.63, 3.8) is 0 Å². The highest BCUT2D eigenvalue weighted by atomic mass is 35.5. The monoisotopic (exact) mass is 729 g/mol. The van der Waals surface area contributed by atoms with E-state index >= 15 is 0 Å². The molecular formula is C40H40ClNO8S. The maximum absolute atomic E-state index is 14.0. The summed E-state index contributed by atoms with van der Waals surface area (Å²) in [4.78, 5) is 31.5. The van der Waals surface area contributed by atoms with E-state index in [4.69, 9.17) is 30.5 Å². The van der Waals surface area contributed by atoms with Crippen molar-refractivity contribution in [1.29, 1.82) is 0 Å². The molecule has 9 nitrogen and oxygen atoms in total.